The number of aromatic nitrogens is 3. The molecule has 0 atom stereocenters. The summed E-state index contributed by atoms with van der Waals surface area (Å²) in [5.74, 6) is 1.90. The SMILES string of the molecule is COc1ccc(CCNC(=O)c2ccc3c(c2)nc(SCc2ccc(Cl)cc2)n2c4ccccc4nc32)cc1OC. The standard InChI is InChI=1S/C32H27ClN4O3S/c1-39-28-14-9-20(17-29(28)40-2)15-16-34-31(38)22-10-13-24-26(18-22)36-32(41-19-21-7-11-23(33)12-8-21)37-27-6-4-3-5-25(27)35-30(24)37/h3-14,17-18H,15-16,19H2,1-2H3,(H,34,38). The third-order valence-corrected chi connectivity index (χ3v) is 8.16. The Morgan fingerprint density at radius 2 is 1.66 bits per heavy atom. The van der Waals surface area contributed by atoms with Crippen LogP contribution < -0.4 is 14.8 Å². The van der Waals surface area contributed by atoms with Crippen LogP contribution in [0.3, 0.4) is 0 Å². The van der Waals surface area contributed by atoms with E-state index in [4.69, 9.17) is 31.0 Å². The Hall–Kier alpha value is -4.27. The zero-order chi connectivity index (χ0) is 28.3. The van der Waals surface area contributed by atoms with Crippen LogP contribution in [0.1, 0.15) is 21.5 Å². The fraction of sp³-hybridized carbons (Fsp3) is 0.156. The van der Waals surface area contributed by atoms with Gasteiger partial charge < -0.3 is 14.8 Å². The molecule has 41 heavy (non-hydrogen) atoms. The maximum atomic E-state index is 13.1. The summed E-state index contributed by atoms with van der Waals surface area (Å²) in [6, 6.07) is 27.2. The second kappa shape index (κ2) is 11.7. The van der Waals surface area contributed by atoms with Gasteiger partial charge >= 0.3 is 0 Å². The van der Waals surface area contributed by atoms with Gasteiger partial charge in [0.25, 0.3) is 5.91 Å². The predicted molar refractivity (Wildman–Crippen MR) is 165 cm³/mol. The molecule has 2 heterocycles. The molecule has 4 aromatic carbocycles. The number of rotatable bonds is 9. The van der Waals surface area contributed by atoms with Crippen LogP contribution in [0.5, 0.6) is 11.5 Å². The number of thioether (sulfide) groups is 1. The van der Waals surface area contributed by atoms with E-state index in [9.17, 15) is 4.79 Å². The van der Waals surface area contributed by atoms with Crippen LogP contribution in [0, 0.1) is 0 Å². The molecule has 0 spiro atoms. The molecule has 6 aromatic rings. The lowest BCUT2D eigenvalue weighted by atomic mass is 10.1. The number of para-hydroxylation sites is 2. The number of methoxy groups -OCH3 is 2. The zero-order valence-corrected chi connectivity index (χ0v) is 24.1. The van der Waals surface area contributed by atoms with Crippen LogP contribution in [-0.4, -0.2) is 41.0 Å². The molecule has 0 saturated heterocycles. The van der Waals surface area contributed by atoms with Crippen molar-refractivity contribution >= 4 is 56.9 Å². The van der Waals surface area contributed by atoms with Gasteiger partial charge in [0.1, 0.15) is 5.65 Å². The molecule has 0 aliphatic rings. The molecule has 9 heteroatoms. The van der Waals surface area contributed by atoms with Crippen LogP contribution in [0.4, 0.5) is 0 Å². The van der Waals surface area contributed by atoms with Gasteiger partial charge in [-0.15, -0.1) is 0 Å². The van der Waals surface area contributed by atoms with E-state index in [-0.39, 0.29) is 5.91 Å². The van der Waals surface area contributed by atoms with Gasteiger partial charge in [-0.25, -0.2) is 9.97 Å². The van der Waals surface area contributed by atoms with E-state index in [1.165, 1.54) is 0 Å². The van der Waals surface area contributed by atoms with E-state index < -0.39 is 0 Å². The molecule has 206 valence electrons. The quantitative estimate of drug-likeness (QED) is 0.146. The van der Waals surface area contributed by atoms with E-state index >= 15 is 0 Å². The number of nitrogens with one attached hydrogen (secondary N) is 1. The van der Waals surface area contributed by atoms with Gasteiger partial charge in [-0.2, -0.15) is 0 Å². The normalized spacial score (nSPS) is 11.3. The van der Waals surface area contributed by atoms with Gasteiger partial charge in [-0.3, -0.25) is 9.20 Å². The number of ether oxygens (including phenoxy) is 2. The number of imidazole rings is 1. The molecule has 0 unspecified atom stereocenters. The van der Waals surface area contributed by atoms with Crippen LogP contribution >= 0.6 is 23.4 Å². The highest BCUT2D eigenvalue weighted by atomic mass is 35.5. The first-order valence-electron chi connectivity index (χ1n) is 13.1. The Kier molecular flexibility index (Phi) is 7.67. The van der Waals surface area contributed by atoms with Crippen LogP contribution in [0.15, 0.2) is 90.1 Å². The number of carbonyl (C=O) groups is 1. The molecule has 0 aliphatic heterocycles. The highest BCUT2D eigenvalue weighted by Gasteiger charge is 2.16. The Labute approximate surface area is 246 Å². The minimum Gasteiger partial charge on any atom is -0.493 e. The van der Waals surface area contributed by atoms with E-state index in [1.807, 2.05) is 78.9 Å². The smallest absolute Gasteiger partial charge is 0.251 e. The lowest BCUT2D eigenvalue weighted by Crippen LogP contribution is -2.25. The maximum Gasteiger partial charge on any atom is 0.251 e. The molecule has 0 bridgehead atoms. The van der Waals surface area contributed by atoms with Crippen LogP contribution in [0.2, 0.25) is 5.02 Å². The first-order valence-corrected chi connectivity index (χ1v) is 14.5. The monoisotopic (exact) mass is 582 g/mol. The van der Waals surface area contributed by atoms with Crippen molar-refractivity contribution in [1.82, 2.24) is 19.7 Å². The summed E-state index contributed by atoms with van der Waals surface area (Å²) in [6.07, 6.45) is 0.657. The number of amides is 1. The number of hydrogen-bond donors (Lipinski definition) is 1. The third-order valence-electron chi connectivity index (χ3n) is 6.90. The molecular weight excluding hydrogens is 556 g/mol. The van der Waals surface area contributed by atoms with Gasteiger partial charge in [0.05, 0.1) is 30.8 Å². The minimum atomic E-state index is -0.155. The Balaban J connectivity index is 1.28. The van der Waals surface area contributed by atoms with E-state index in [1.54, 1.807) is 26.0 Å². The summed E-state index contributed by atoms with van der Waals surface area (Å²) in [5.41, 5.74) is 6.15. The molecule has 0 radical (unpaired) electrons. The third kappa shape index (κ3) is 5.53. The summed E-state index contributed by atoms with van der Waals surface area (Å²) in [4.78, 5) is 23.1. The van der Waals surface area contributed by atoms with Crippen LogP contribution in [0.25, 0.3) is 27.6 Å². The topological polar surface area (TPSA) is 77.8 Å². The van der Waals surface area contributed by atoms with Crippen molar-refractivity contribution in [3.63, 3.8) is 0 Å². The van der Waals surface area contributed by atoms with E-state index in [0.29, 0.717) is 40.8 Å². The predicted octanol–water partition coefficient (Wildman–Crippen LogP) is 6.97. The molecule has 1 N–H and O–H groups in total. The number of hydrogen-bond acceptors (Lipinski definition) is 6. The van der Waals surface area contributed by atoms with Crippen molar-refractivity contribution in [2.45, 2.75) is 17.3 Å². The van der Waals surface area contributed by atoms with Gasteiger partial charge in [-0.1, -0.05) is 53.7 Å². The minimum absolute atomic E-state index is 0.155. The Morgan fingerprint density at radius 1 is 0.878 bits per heavy atom. The van der Waals surface area contributed by atoms with Crippen molar-refractivity contribution < 1.29 is 14.3 Å². The Morgan fingerprint density at radius 3 is 2.46 bits per heavy atom. The number of benzene rings is 4. The lowest BCUT2D eigenvalue weighted by molar-refractivity contribution is 0.0954. The second-order valence-electron chi connectivity index (χ2n) is 9.50. The zero-order valence-electron chi connectivity index (χ0n) is 22.6. The van der Waals surface area contributed by atoms with Crippen molar-refractivity contribution in [2.24, 2.45) is 0 Å². The number of nitrogens with zero attached hydrogens (tertiary/aromatic N) is 3. The van der Waals surface area contributed by atoms with E-state index in [0.717, 1.165) is 43.9 Å². The van der Waals surface area contributed by atoms with E-state index in [2.05, 4.69) is 15.8 Å². The summed E-state index contributed by atoms with van der Waals surface area (Å²) in [7, 11) is 3.22. The first kappa shape index (κ1) is 26.9. The summed E-state index contributed by atoms with van der Waals surface area (Å²) in [5, 5.41) is 5.43. The van der Waals surface area contributed by atoms with Gasteiger partial charge in [0, 0.05) is 28.3 Å². The number of fused-ring (bicyclic) bond motifs is 5. The average molecular weight is 583 g/mol. The van der Waals surface area contributed by atoms with Crippen molar-refractivity contribution in [2.75, 3.05) is 20.8 Å². The molecular formula is C32H27ClN4O3S. The highest BCUT2D eigenvalue weighted by molar-refractivity contribution is 7.98. The highest BCUT2D eigenvalue weighted by Crippen LogP contribution is 2.31. The first-order chi connectivity index (χ1) is 20.0. The summed E-state index contributed by atoms with van der Waals surface area (Å²) in [6.45, 7) is 0.479. The van der Waals surface area contributed by atoms with Crippen molar-refractivity contribution in [3.05, 3.63) is 107 Å². The largest absolute Gasteiger partial charge is 0.493 e. The summed E-state index contributed by atoms with van der Waals surface area (Å²) >= 11 is 7.70. The summed E-state index contributed by atoms with van der Waals surface area (Å²) < 4.78 is 12.8. The van der Waals surface area contributed by atoms with Gasteiger partial charge in [0.2, 0.25) is 0 Å². The molecule has 0 fully saturated rings. The van der Waals surface area contributed by atoms with Crippen molar-refractivity contribution in [3.8, 4) is 11.5 Å². The fourth-order valence-corrected chi connectivity index (χ4v) is 5.88. The molecule has 1 amide bonds. The molecule has 2 aromatic heterocycles. The van der Waals surface area contributed by atoms with Gasteiger partial charge in [0.15, 0.2) is 16.7 Å². The van der Waals surface area contributed by atoms with Crippen molar-refractivity contribution in [1.29, 1.82) is 0 Å². The number of halogens is 1. The average Bonchev–Trinajstić information content (AvgIpc) is 3.40. The molecule has 7 nitrogen and oxygen atoms in total. The molecule has 0 saturated carbocycles. The fourth-order valence-electron chi connectivity index (χ4n) is 4.79. The van der Waals surface area contributed by atoms with Crippen LogP contribution in [-0.2, 0) is 12.2 Å². The molecule has 6 rings (SSSR count). The Bertz CT molecular complexity index is 1890. The lowest BCUT2D eigenvalue weighted by Gasteiger charge is -2.11. The second-order valence-corrected chi connectivity index (χ2v) is 10.9. The maximum absolute atomic E-state index is 13.1. The molecule has 0 aliphatic carbocycles. The van der Waals surface area contributed by atoms with Gasteiger partial charge in [-0.05, 0) is 72.1 Å². The number of carbonyl (C=O) groups excluding carboxylic acids is 1.